The Hall–Kier alpha value is -0.200. The molecule has 0 unspecified atom stereocenters. The van der Waals surface area contributed by atoms with Crippen molar-refractivity contribution in [1.29, 1.82) is 5.26 Å². The molecule has 0 saturated carbocycles. The van der Waals surface area contributed by atoms with Gasteiger partial charge in [0.1, 0.15) is 0 Å². The van der Waals surface area contributed by atoms with Gasteiger partial charge in [-0.2, -0.15) is 5.26 Å². The second-order valence-corrected chi connectivity index (χ2v) is 2.46. The summed E-state index contributed by atoms with van der Waals surface area (Å²) in [5.41, 5.74) is 5.21. The third-order valence-electron chi connectivity index (χ3n) is 0.659. The Kier molecular flexibility index (Phi) is 6.63. The molecule has 0 fully saturated rings. The van der Waals surface area contributed by atoms with Crippen molar-refractivity contribution in [3.05, 3.63) is 0 Å². The van der Waals surface area contributed by atoms with Gasteiger partial charge in [0.25, 0.3) is 0 Å². The summed E-state index contributed by atoms with van der Waals surface area (Å²) < 4.78 is 0. The van der Waals surface area contributed by atoms with Crippen molar-refractivity contribution >= 4 is 11.8 Å². The predicted octanol–water partition coefficient (Wildman–Crippen LogP) is 0.592. The maximum atomic E-state index is 8.06. The Balaban J connectivity index is 2.65. The summed E-state index contributed by atoms with van der Waals surface area (Å²) in [4.78, 5) is 0. The minimum absolute atomic E-state index is 0.597. The number of hydrogen-bond donors (Lipinski definition) is 1. The first-order chi connectivity index (χ1) is 3.91. The van der Waals surface area contributed by atoms with E-state index in [1.54, 1.807) is 11.8 Å². The number of nitrogens with two attached hydrogens (primary N) is 1. The molecule has 0 rings (SSSR count). The average Bonchev–Trinajstić information content (AvgIpc) is 1.81. The normalized spacial score (nSPS) is 8.50. The van der Waals surface area contributed by atoms with E-state index in [1.807, 2.05) is 6.07 Å². The fraction of sp³-hybridized carbons (Fsp3) is 0.800. The molecule has 0 aliphatic rings. The van der Waals surface area contributed by atoms with Crippen LogP contribution in [0.2, 0.25) is 0 Å². The molecule has 0 atom stereocenters. The van der Waals surface area contributed by atoms with Gasteiger partial charge in [-0.05, 0) is 18.7 Å². The molecule has 0 bridgehead atoms. The Morgan fingerprint density at radius 3 is 2.88 bits per heavy atom. The maximum absolute atomic E-state index is 8.06. The van der Waals surface area contributed by atoms with Crippen LogP contribution < -0.4 is 5.73 Å². The molecule has 2 N–H and O–H groups in total. The van der Waals surface area contributed by atoms with E-state index in [2.05, 4.69) is 0 Å². The van der Waals surface area contributed by atoms with Crippen LogP contribution in [-0.2, 0) is 0 Å². The highest BCUT2D eigenvalue weighted by atomic mass is 32.2. The lowest BCUT2D eigenvalue weighted by molar-refractivity contribution is 0.944. The monoisotopic (exact) mass is 130 g/mol. The molecule has 0 spiro atoms. The molecule has 46 valence electrons. The number of thioether (sulfide) groups is 1. The van der Waals surface area contributed by atoms with Crippen molar-refractivity contribution in [2.24, 2.45) is 5.73 Å². The molecule has 0 saturated heterocycles. The van der Waals surface area contributed by atoms with Crippen LogP contribution in [-0.4, -0.2) is 18.1 Å². The van der Waals surface area contributed by atoms with Crippen LogP contribution >= 0.6 is 11.8 Å². The van der Waals surface area contributed by atoms with Crippen LogP contribution in [0.3, 0.4) is 0 Å². The Labute approximate surface area is 54.1 Å². The van der Waals surface area contributed by atoms with Crippen LogP contribution in [0.5, 0.6) is 0 Å². The van der Waals surface area contributed by atoms with Gasteiger partial charge in [-0.15, -0.1) is 11.8 Å². The summed E-state index contributed by atoms with van der Waals surface area (Å²) >= 11 is 1.64. The molecule has 2 nitrogen and oxygen atoms in total. The highest BCUT2D eigenvalue weighted by Gasteiger charge is 1.83. The van der Waals surface area contributed by atoms with Gasteiger partial charge < -0.3 is 5.73 Å². The summed E-state index contributed by atoms with van der Waals surface area (Å²) in [6.45, 7) is 0.735. The summed E-state index contributed by atoms with van der Waals surface area (Å²) in [5, 5.41) is 8.06. The summed E-state index contributed by atoms with van der Waals surface area (Å²) in [6.07, 6.45) is 1.02. The highest BCUT2D eigenvalue weighted by Crippen LogP contribution is 1.98. The molecular formula is C5H10N2S. The minimum atomic E-state index is 0.597. The van der Waals surface area contributed by atoms with Crippen LogP contribution in [0.15, 0.2) is 0 Å². The van der Waals surface area contributed by atoms with Crippen molar-refractivity contribution in [2.75, 3.05) is 18.1 Å². The van der Waals surface area contributed by atoms with Crippen molar-refractivity contribution in [3.8, 4) is 6.07 Å². The lowest BCUT2D eigenvalue weighted by Crippen LogP contribution is -1.99. The molecule has 3 heteroatoms. The van der Waals surface area contributed by atoms with Crippen molar-refractivity contribution in [1.82, 2.24) is 0 Å². The molecule has 0 aliphatic heterocycles. The smallest absolute Gasteiger partial charge is 0.0808 e. The van der Waals surface area contributed by atoms with Gasteiger partial charge in [0.15, 0.2) is 0 Å². The third-order valence-corrected chi connectivity index (χ3v) is 1.57. The maximum Gasteiger partial charge on any atom is 0.0808 e. The van der Waals surface area contributed by atoms with E-state index in [0.717, 1.165) is 18.7 Å². The Morgan fingerprint density at radius 1 is 1.62 bits per heavy atom. The van der Waals surface area contributed by atoms with Crippen molar-refractivity contribution in [2.45, 2.75) is 6.42 Å². The zero-order valence-corrected chi connectivity index (χ0v) is 5.58. The van der Waals surface area contributed by atoms with Crippen LogP contribution in [0.4, 0.5) is 0 Å². The first kappa shape index (κ1) is 7.80. The number of nitriles is 1. The molecule has 8 heavy (non-hydrogen) atoms. The standard InChI is InChI=1S/C5H10N2S/c6-2-1-4-8-5-3-7/h1-2,4-6H2. The van der Waals surface area contributed by atoms with Gasteiger partial charge in [-0.3, -0.25) is 0 Å². The van der Waals surface area contributed by atoms with Gasteiger partial charge >= 0.3 is 0 Å². The Bertz CT molecular complexity index is 77.0. The molecule has 0 aliphatic carbocycles. The summed E-state index contributed by atoms with van der Waals surface area (Å²) in [6, 6.07) is 2.05. The molecule has 0 aromatic heterocycles. The van der Waals surface area contributed by atoms with Gasteiger partial charge in [-0.1, -0.05) is 0 Å². The zero-order valence-electron chi connectivity index (χ0n) is 4.76. The van der Waals surface area contributed by atoms with E-state index < -0.39 is 0 Å². The van der Waals surface area contributed by atoms with Crippen molar-refractivity contribution < 1.29 is 0 Å². The van der Waals surface area contributed by atoms with E-state index in [9.17, 15) is 0 Å². The van der Waals surface area contributed by atoms with Crippen molar-refractivity contribution in [3.63, 3.8) is 0 Å². The second kappa shape index (κ2) is 6.80. The number of nitrogens with zero attached hydrogens (tertiary/aromatic N) is 1. The lowest BCUT2D eigenvalue weighted by Gasteiger charge is -1.90. The van der Waals surface area contributed by atoms with E-state index in [0.29, 0.717) is 5.75 Å². The topological polar surface area (TPSA) is 49.8 Å². The minimum Gasteiger partial charge on any atom is -0.330 e. The van der Waals surface area contributed by atoms with Crippen LogP contribution in [0.25, 0.3) is 0 Å². The molecule has 0 aromatic rings. The molecule has 0 aromatic carbocycles. The summed E-state index contributed by atoms with van der Waals surface area (Å²) in [5.74, 6) is 1.62. The van der Waals surface area contributed by atoms with E-state index in [4.69, 9.17) is 11.0 Å². The lowest BCUT2D eigenvalue weighted by atomic mass is 10.5. The van der Waals surface area contributed by atoms with E-state index >= 15 is 0 Å². The highest BCUT2D eigenvalue weighted by molar-refractivity contribution is 7.99. The third kappa shape index (κ3) is 5.80. The predicted molar refractivity (Wildman–Crippen MR) is 36.6 cm³/mol. The fourth-order valence-corrected chi connectivity index (χ4v) is 0.910. The quantitative estimate of drug-likeness (QED) is 0.567. The second-order valence-electron chi connectivity index (χ2n) is 1.35. The van der Waals surface area contributed by atoms with Gasteiger partial charge in [0.2, 0.25) is 0 Å². The largest absolute Gasteiger partial charge is 0.330 e. The van der Waals surface area contributed by atoms with Crippen LogP contribution in [0.1, 0.15) is 6.42 Å². The zero-order chi connectivity index (χ0) is 6.24. The average molecular weight is 130 g/mol. The SMILES string of the molecule is N#CCSCCCN. The first-order valence-corrected chi connectivity index (χ1v) is 3.72. The molecular weight excluding hydrogens is 120 g/mol. The van der Waals surface area contributed by atoms with Gasteiger partial charge in [0.05, 0.1) is 11.8 Å². The van der Waals surface area contributed by atoms with Gasteiger partial charge in [0, 0.05) is 0 Å². The number of hydrogen-bond acceptors (Lipinski definition) is 3. The summed E-state index contributed by atoms with van der Waals surface area (Å²) in [7, 11) is 0. The molecule has 0 amide bonds. The fourth-order valence-electron chi connectivity index (χ4n) is 0.303. The van der Waals surface area contributed by atoms with Gasteiger partial charge in [-0.25, -0.2) is 0 Å². The molecule has 0 radical (unpaired) electrons. The van der Waals surface area contributed by atoms with Crippen LogP contribution in [0, 0.1) is 11.3 Å². The Morgan fingerprint density at radius 2 is 2.38 bits per heavy atom. The first-order valence-electron chi connectivity index (χ1n) is 2.56. The number of rotatable bonds is 4. The van der Waals surface area contributed by atoms with E-state index in [1.165, 1.54) is 0 Å². The van der Waals surface area contributed by atoms with E-state index in [-0.39, 0.29) is 0 Å². The molecule has 0 heterocycles.